The van der Waals surface area contributed by atoms with Gasteiger partial charge in [-0.3, -0.25) is 14.2 Å². The fourth-order valence-electron chi connectivity index (χ4n) is 2.37. The summed E-state index contributed by atoms with van der Waals surface area (Å²) in [4.78, 5) is 31.9. The van der Waals surface area contributed by atoms with Gasteiger partial charge in [-0.05, 0) is 37.3 Å². The predicted molar refractivity (Wildman–Crippen MR) is 94.4 cm³/mol. The van der Waals surface area contributed by atoms with Gasteiger partial charge in [0.1, 0.15) is 11.4 Å². The number of nitrogens with one attached hydrogen (secondary N) is 1. The van der Waals surface area contributed by atoms with Crippen LogP contribution in [0.1, 0.15) is 15.3 Å². The summed E-state index contributed by atoms with van der Waals surface area (Å²) in [6.45, 7) is 4.46. The van der Waals surface area contributed by atoms with E-state index in [2.05, 4.69) is 10.3 Å². The number of amides is 1. The molecule has 0 aromatic carbocycles. The molecule has 0 atom stereocenters. The molecule has 0 aliphatic carbocycles. The number of fused-ring (bicyclic) bond motifs is 1. The number of aryl methyl sites for hydroxylation is 2. The molecule has 0 aliphatic rings. The van der Waals surface area contributed by atoms with Crippen molar-refractivity contribution in [3.8, 4) is 0 Å². The molecule has 3 heterocycles. The predicted octanol–water partition coefficient (Wildman–Crippen LogP) is 2.50. The van der Waals surface area contributed by atoms with Crippen molar-refractivity contribution in [2.45, 2.75) is 26.8 Å². The zero-order valence-electron chi connectivity index (χ0n) is 13.0. The molecule has 0 bridgehead atoms. The van der Waals surface area contributed by atoms with Gasteiger partial charge in [0.2, 0.25) is 5.91 Å². The Labute approximate surface area is 141 Å². The van der Waals surface area contributed by atoms with Gasteiger partial charge in [-0.1, -0.05) is 6.07 Å². The van der Waals surface area contributed by atoms with Gasteiger partial charge >= 0.3 is 0 Å². The first-order chi connectivity index (χ1) is 11.1. The largest absolute Gasteiger partial charge is 0.354 e. The number of rotatable bonds is 5. The van der Waals surface area contributed by atoms with Crippen LogP contribution in [0.4, 0.5) is 0 Å². The normalized spacial score (nSPS) is 11.0. The third kappa shape index (κ3) is 3.35. The van der Waals surface area contributed by atoms with Crippen molar-refractivity contribution in [3.63, 3.8) is 0 Å². The second-order valence-electron chi connectivity index (χ2n) is 5.32. The number of carbonyl (C=O) groups excluding carboxylic acids is 1. The van der Waals surface area contributed by atoms with E-state index in [1.807, 2.05) is 31.4 Å². The summed E-state index contributed by atoms with van der Waals surface area (Å²) in [7, 11) is 0. The van der Waals surface area contributed by atoms with Crippen LogP contribution in [0, 0.1) is 13.8 Å². The smallest absolute Gasteiger partial charge is 0.262 e. The van der Waals surface area contributed by atoms with Crippen LogP contribution in [0.5, 0.6) is 0 Å². The van der Waals surface area contributed by atoms with Gasteiger partial charge in [-0.15, -0.1) is 22.7 Å². The van der Waals surface area contributed by atoms with E-state index in [4.69, 9.17) is 0 Å². The lowest BCUT2D eigenvalue weighted by atomic mass is 10.2. The van der Waals surface area contributed by atoms with E-state index in [0.29, 0.717) is 11.9 Å². The van der Waals surface area contributed by atoms with E-state index < -0.39 is 0 Å². The maximum absolute atomic E-state index is 12.5. The molecule has 3 aromatic heterocycles. The van der Waals surface area contributed by atoms with Crippen LogP contribution in [-0.4, -0.2) is 22.0 Å². The van der Waals surface area contributed by atoms with Crippen molar-refractivity contribution in [1.82, 2.24) is 14.9 Å². The summed E-state index contributed by atoms with van der Waals surface area (Å²) in [5.74, 6) is -0.172. The third-order valence-electron chi connectivity index (χ3n) is 3.74. The second kappa shape index (κ2) is 6.64. The molecule has 0 spiro atoms. The number of carbonyl (C=O) groups is 1. The van der Waals surface area contributed by atoms with Crippen molar-refractivity contribution < 1.29 is 4.79 Å². The van der Waals surface area contributed by atoms with Crippen molar-refractivity contribution in [2.75, 3.05) is 6.54 Å². The van der Waals surface area contributed by atoms with E-state index in [9.17, 15) is 9.59 Å². The summed E-state index contributed by atoms with van der Waals surface area (Å²) < 4.78 is 1.38. The first-order valence-corrected chi connectivity index (χ1v) is 9.00. The number of thiophene rings is 2. The molecule has 1 amide bonds. The van der Waals surface area contributed by atoms with Crippen molar-refractivity contribution >= 4 is 38.8 Å². The molecule has 0 saturated heterocycles. The molecule has 3 aromatic rings. The fraction of sp³-hybridized carbons (Fsp3) is 0.312. The summed E-state index contributed by atoms with van der Waals surface area (Å²) in [6, 6.07) is 4.04. The van der Waals surface area contributed by atoms with Crippen LogP contribution in [0.25, 0.3) is 10.2 Å². The summed E-state index contributed by atoms with van der Waals surface area (Å²) in [6.07, 6.45) is 2.26. The second-order valence-corrected chi connectivity index (χ2v) is 7.56. The fourth-order valence-corrected chi connectivity index (χ4v) is 4.07. The quantitative estimate of drug-likeness (QED) is 0.771. The molecule has 0 fully saturated rings. The first-order valence-electron chi connectivity index (χ1n) is 7.30. The van der Waals surface area contributed by atoms with Crippen LogP contribution in [0.2, 0.25) is 0 Å². The minimum atomic E-state index is -0.172. The van der Waals surface area contributed by atoms with Crippen LogP contribution in [-0.2, 0) is 17.8 Å². The van der Waals surface area contributed by atoms with Gasteiger partial charge in [0.25, 0.3) is 5.56 Å². The van der Waals surface area contributed by atoms with E-state index in [0.717, 1.165) is 21.7 Å². The van der Waals surface area contributed by atoms with Crippen LogP contribution < -0.4 is 10.9 Å². The molecule has 23 heavy (non-hydrogen) atoms. The van der Waals surface area contributed by atoms with Gasteiger partial charge in [0.05, 0.1) is 11.7 Å². The van der Waals surface area contributed by atoms with Gasteiger partial charge in [0.15, 0.2) is 0 Å². The van der Waals surface area contributed by atoms with E-state index in [1.54, 1.807) is 11.3 Å². The highest BCUT2D eigenvalue weighted by Crippen LogP contribution is 2.25. The molecule has 5 nitrogen and oxygen atoms in total. The first kappa shape index (κ1) is 15.9. The zero-order chi connectivity index (χ0) is 16.4. The van der Waals surface area contributed by atoms with Crippen LogP contribution >= 0.6 is 22.7 Å². The molecule has 0 unspecified atom stereocenters. The summed E-state index contributed by atoms with van der Waals surface area (Å²) in [5.41, 5.74) is 0.806. The molecule has 0 radical (unpaired) electrons. The molecule has 0 aliphatic heterocycles. The topological polar surface area (TPSA) is 64.0 Å². The van der Waals surface area contributed by atoms with Crippen molar-refractivity contribution in [2.24, 2.45) is 0 Å². The van der Waals surface area contributed by atoms with Crippen molar-refractivity contribution in [1.29, 1.82) is 0 Å². The Balaban J connectivity index is 1.68. The summed E-state index contributed by atoms with van der Waals surface area (Å²) >= 11 is 3.18. The van der Waals surface area contributed by atoms with Gasteiger partial charge in [0, 0.05) is 16.3 Å². The Bertz CT molecular complexity index is 894. The Morgan fingerprint density at radius 1 is 1.39 bits per heavy atom. The molecule has 3 rings (SSSR count). The number of nitrogens with zero attached hydrogens (tertiary/aromatic N) is 2. The average molecular weight is 347 g/mol. The number of hydrogen-bond acceptors (Lipinski definition) is 5. The average Bonchev–Trinajstić information content (AvgIpc) is 3.12. The van der Waals surface area contributed by atoms with Gasteiger partial charge < -0.3 is 5.32 Å². The van der Waals surface area contributed by atoms with Gasteiger partial charge in [-0.2, -0.15) is 0 Å². The lowest BCUT2D eigenvalue weighted by molar-refractivity contribution is -0.121. The van der Waals surface area contributed by atoms with E-state index in [1.165, 1.54) is 27.1 Å². The maximum atomic E-state index is 12.5. The minimum absolute atomic E-state index is 0.000544. The third-order valence-corrected chi connectivity index (χ3v) is 5.79. The van der Waals surface area contributed by atoms with E-state index in [-0.39, 0.29) is 18.0 Å². The molecular formula is C16H17N3O2S2. The number of hydrogen-bond donors (Lipinski definition) is 1. The molecule has 120 valence electrons. The highest BCUT2D eigenvalue weighted by Gasteiger charge is 2.13. The van der Waals surface area contributed by atoms with E-state index >= 15 is 0 Å². The van der Waals surface area contributed by atoms with Gasteiger partial charge in [-0.25, -0.2) is 4.98 Å². The maximum Gasteiger partial charge on any atom is 0.262 e. The van der Waals surface area contributed by atoms with Crippen LogP contribution in [0.15, 0.2) is 28.6 Å². The number of aromatic nitrogens is 2. The lowest BCUT2D eigenvalue weighted by Gasteiger charge is -2.07. The summed E-state index contributed by atoms with van der Waals surface area (Å²) in [5, 5.41) is 5.49. The molecular weight excluding hydrogens is 330 g/mol. The molecule has 7 heteroatoms. The Morgan fingerprint density at radius 3 is 2.96 bits per heavy atom. The highest BCUT2D eigenvalue weighted by molar-refractivity contribution is 7.18. The molecule has 0 saturated carbocycles. The highest BCUT2D eigenvalue weighted by atomic mass is 32.1. The Kier molecular flexibility index (Phi) is 4.58. The SMILES string of the molecule is Cc1sc2ncn(CC(=O)NCCc3cccs3)c(=O)c2c1C. The monoisotopic (exact) mass is 347 g/mol. The van der Waals surface area contributed by atoms with Crippen LogP contribution in [0.3, 0.4) is 0 Å². The Morgan fingerprint density at radius 2 is 2.22 bits per heavy atom. The van der Waals surface area contributed by atoms with Crippen molar-refractivity contribution in [3.05, 3.63) is 49.5 Å². The minimum Gasteiger partial charge on any atom is -0.354 e. The Hall–Kier alpha value is -1.99. The lowest BCUT2D eigenvalue weighted by Crippen LogP contribution is -2.33. The zero-order valence-corrected chi connectivity index (χ0v) is 14.6. The standard InChI is InChI=1S/C16H17N3O2S2/c1-10-11(2)23-15-14(10)16(21)19(9-18-15)8-13(20)17-6-5-12-4-3-7-22-12/h3-4,7,9H,5-6,8H2,1-2H3,(H,17,20). The molecule has 1 N–H and O–H groups in total.